The van der Waals surface area contributed by atoms with Crippen LogP contribution >= 0.6 is 0 Å². The van der Waals surface area contributed by atoms with E-state index in [4.69, 9.17) is 4.74 Å². The summed E-state index contributed by atoms with van der Waals surface area (Å²) in [5.74, 6) is 0.325. The number of carbonyl (C=O) groups excluding carboxylic acids is 1. The molecule has 3 rings (SSSR count). The maximum absolute atomic E-state index is 12.9. The van der Waals surface area contributed by atoms with Crippen molar-refractivity contribution < 1.29 is 13.9 Å². The number of amides is 1. The Balaban J connectivity index is 1.53. The van der Waals surface area contributed by atoms with Gasteiger partial charge in [-0.3, -0.25) is 9.59 Å². The molecule has 0 aliphatic carbocycles. The van der Waals surface area contributed by atoms with E-state index < -0.39 is 0 Å². The number of halogens is 1. The van der Waals surface area contributed by atoms with Crippen molar-refractivity contribution in [1.29, 1.82) is 0 Å². The van der Waals surface area contributed by atoms with Crippen molar-refractivity contribution in [2.24, 2.45) is 7.05 Å². The average molecular weight is 358 g/mol. The Morgan fingerprint density at radius 3 is 2.46 bits per heavy atom. The van der Waals surface area contributed by atoms with Crippen LogP contribution in [0, 0.1) is 12.7 Å². The second-order valence-corrected chi connectivity index (χ2v) is 6.73. The number of nitrogens with zero attached hydrogens (tertiary/aromatic N) is 2. The van der Waals surface area contributed by atoms with E-state index in [0.717, 1.165) is 24.1 Å². The molecule has 26 heavy (non-hydrogen) atoms. The second-order valence-electron chi connectivity index (χ2n) is 6.73. The zero-order valence-electron chi connectivity index (χ0n) is 15.1. The number of hydrogen-bond donors (Lipinski definition) is 0. The highest BCUT2D eigenvalue weighted by Crippen LogP contribution is 2.19. The monoisotopic (exact) mass is 358 g/mol. The average Bonchev–Trinajstić information content (AvgIpc) is 2.62. The number of hydrogen-bond acceptors (Lipinski definition) is 3. The number of aryl methyl sites for hydroxylation is 1. The first-order chi connectivity index (χ1) is 12.4. The maximum Gasteiger partial charge on any atom is 0.254 e. The van der Waals surface area contributed by atoms with Gasteiger partial charge in [-0.25, -0.2) is 4.39 Å². The molecule has 138 valence electrons. The number of benzene rings is 1. The van der Waals surface area contributed by atoms with E-state index >= 15 is 0 Å². The Hall–Kier alpha value is -2.63. The largest absolute Gasteiger partial charge is 0.490 e. The predicted octanol–water partition coefficient (Wildman–Crippen LogP) is 2.45. The van der Waals surface area contributed by atoms with Crippen LogP contribution < -0.4 is 10.3 Å². The van der Waals surface area contributed by atoms with Gasteiger partial charge < -0.3 is 14.2 Å². The van der Waals surface area contributed by atoms with Gasteiger partial charge >= 0.3 is 0 Å². The molecule has 1 aliphatic rings. The first-order valence-electron chi connectivity index (χ1n) is 8.79. The standard InChI is InChI=1S/C20H23FN2O3/c1-14-11-18(13-19(24)22(14)2)26-17-7-9-23(10-8-17)20(25)12-15-3-5-16(21)6-4-15/h3-6,11,13,17H,7-10,12H2,1-2H3. The van der Waals surface area contributed by atoms with Gasteiger partial charge in [0.25, 0.3) is 5.56 Å². The number of carbonyl (C=O) groups is 1. The minimum Gasteiger partial charge on any atom is -0.490 e. The fraction of sp³-hybridized carbons (Fsp3) is 0.400. The highest BCUT2D eigenvalue weighted by molar-refractivity contribution is 5.78. The summed E-state index contributed by atoms with van der Waals surface area (Å²) >= 11 is 0. The third-order valence-electron chi connectivity index (χ3n) is 4.84. The van der Waals surface area contributed by atoms with Gasteiger partial charge in [-0.1, -0.05) is 12.1 Å². The Labute approximate surface area is 152 Å². The summed E-state index contributed by atoms with van der Waals surface area (Å²) in [5.41, 5.74) is 1.57. The fourth-order valence-corrected chi connectivity index (χ4v) is 3.11. The number of pyridine rings is 1. The lowest BCUT2D eigenvalue weighted by molar-refractivity contribution is -0.132. The van der Waals surface area contributed by atoms with Crippen LogP contribution in [0.25, 0.3) is 0 Å². The Morgan fingerprint density at radius 2 is 1.85 bits per heavy atom. The molecule has 1 amide bonds. The van der Waals surface area contributed by atoms with Crippen LogP contribution in [0.15, 0.2) is 41.2 Å². The molecule has 1 saturated heterocycles. The van der Waals surface area contributed by atoms with Crippen LogP contribution in [0.5, 0.6) is 5.75 Å². The lowest BCUT2D eigenvalue weighted by Gasteiger charge is -2.32. The summed E-state index contributed by atoms with van der Waals surface area (Å²) < 4.78 is 20.5. The molecule has 2 heterocycles. The summed E-state index contributed by atoms with van der Waals surface area (Å²) in [5, 5.41) is 0. The van der Waals surface area contributed by atoms with Gasteiger partial charge in [-0.15, -0.1) is 0 Å². The van der Waals surface area contributed by atoms with Crippen molar-refractivity contribution in [3.63, 3.8) is 0 Å². The lowest BCUT2D eigenvalue weighted by Crippen LogP contribution is -2.42. The SMILES string of the molecule is Cc1cc(OC2CCN(C(=O)Cc3ccc(F)cc3)CC2)cc(=O)n1C. The number of likely N-dealkylation sites (tertiary alicyclic amines) is 1. The van der Waals surface area contributed by atoms with Crippen molar-refractivity contribution in [3.05, 3.63) is 63.8 Å². The zero-order chi connectivity index (χ0) is 18.7. The predicted molar refractivity (Wildman–Crippen MR) is 96.8 cm³/mol. The summed E-state index contributed by atoms with van der Waals surface area (Å²) in [7, 11) is 1.73. The van der Waals surface area contributed by atoms with Gasteiger partial charge in [0.05, 0.1) is 6.42 Å². The van der Waals surface area contributed by atoms with E-state index in [2.05, 4.69) is 0 Å². The van der Waals surface area contributed by atoms with Crippen LogP contribution in [0.3, 0.4) is 0 Å². The highest BCUT2D eigenvalue weighted by Gasteiger charge is 2.24. The van der Waals surface area contributed by atoms with Crippen molar-refractivity contribution in [2.75, 3.05) is 13.1 Å². The lowest BCUT2D eigenvalue weighted by atomic mass is 10.1. The third kappa shape index (κ3) is 4.31. The normalized spacial score (nSPS) is 15.1. The van der Waals surface area contributed by atoms with E-state index in [1.807, 2.05) is 17.9 Å². The molecule has 0 N–H and O–H groups in total. The van der Waals surface area contributed by atoms with Crippen molar-refractivity contribution in [1.82, 2.24) is 9.47 Å². The molecule has 0 atom stereocenters. The Kier molecular flexibility index (Phi) is 5.40. The smallest absolute Gasteiger partial charge is 0.254 e. The summed E-state index contributed by atoms with van der Waals surface area (Å²) in [6.45, 7) is 3.11. The molecule has 1 aromatic heterocycles. The summed E-state index contributed by atoms with van der Waals surface area (Å²) in [6.07, 6.45) is 1.73. The van der Waals surface area contributed by atoms with Crippen molar-refractivity contribution in [2.45, 2.75) is 32.3 Å². The Morgan fingerprint density at radius 1 is 1.19 bits per heavy atom. The Bertz CT molecular complexity index is 837. The minimum absolute atomic E-state index is 0.00335. The first kappa shape index (κ1) is 18.2. The molecular formula is C20H23FN2O3. The van der Waals surface area contributed by atoms with Gasteiger partial charge in [-0.05, 0) is 30.7 Å². The number of ether oxygens (including phenoxy) is 1. The van der Waals surface area contributed by atoms with Crippen LogP contribution in [0.1, 0.15) is 24.1 Å². The minimum atomic E-state index is -0.301. The molecule has 0 bridgehead atoms. The summed E-state index contributed by atoms with van der Waals surface area (Å²) in [4.78, 5) is 26.1. The fourth-order valence-electron chi connectivity index (χ4n) is 3.11. The van der Waals surface area contributed by atoms with Crippen LogP contribution in [0.2, 0.25) is 0 Å². The van der Waals surface area contributed by atoms with E-state index in [0.29, 0.717) is 18.8 Å². The molecule has 6 heteroatoms. The topological polar surface area (TPSA) is 51.5 Å². The van der Waals surface area contributed by atoms with Gasteiger partial charge in [-0.2, -0.15) is 0 Å². The molecule has 0 unspecified atom stereocenters. The number of aromatic nitrogens is 1. The van der Waals surface area contributed by atoms with E-state index in [1.165, 1.54) is 18.2 Å². The molecule has 2 aromatic rings. The molecule has 0 radical (unpaired) electrons. The van der Waals surface area contributed by atoms with Gasteiger partial charge in [0.2, 0.25) is 5.91 Å². The first-order valence-corrected chi connectivity index (χ1v) is 8.79. The molecular weight excluding hydrogens is 335 g/mol. The molecule has 1 aliphatic heterocycles. The molecule has 5 nitrogen and oxygen atoms in total. The molecule has 0 saturated carbocycles. The zero-order valence-corrected chi connectivity index (χ0v) is 15.1. The second kappa shape index (κ2) is 7.72. The van der Waals surface area contributed by atoms with Gasteiger partial charge in [0.15, 0.2) is 0 Å². The van der Waals surface area contributed by atoms with Crippen LogP contribution in [0.4, 0.5) is 4.39 Å². The quantitative estimate of drug-likeness (QED) is 0.844. The highest BCUT2D eigenvalue weighted by atomic mass is 19.1. The van der Waals surface area contributed by atoms with Crippen molar-refractivity contribution in [3.8, 4) is 5.75 Å². The molecule has 1 aromatic carbocycles. The third-order valence-corrected chi connectivity index (χ3v) is 4.84. The molecule has 1 fully saturated rings. The van der Waals surface area contributed by atoms with Gasteiger partial charge in [0.1, 0.15) is 17.7 Å². The van der Waals surface area contributed by atoms with Gasteiger partial charge in [0, 0.05) is 44.7 Å². The number of rotatable bonds is 4. The van der Waals surface area contributed by atoms with Crippen LogP contribution in [-0.4, -0.2) is 34.6 Å². The van der Waals surface area contributed by atoms with E-state index in [9.17, 15) is 14.0 Å². The molecule has 0 spiro atoms. The maximum atomic E-state index is 12.9. The van der Waals surface area contributed by atoms with E-state index in [-0.39, 0.29) is 29.8 Å². The van der Waals surface area contributed by atoms with E-state index in [1.54, 1.807) is 23.7 Å². The van der Waals surface area contributed by atoms with Crippen LogP contribution in [-0.2, 0) is 18.3 Å². The number of piperidine rings is 1. The summed E-state index contributed by atoms with van der Waals surface area (Å²) in [6, 6.07) is 9.37. The van der Waals surface area contributed by atoms with Crippen molar-refractivity contribution >= 4 is 5.91 Å².